The molecule has 0 bridgehead atoms. The maximum Gasteiger partial charge on any atom is 0.126 e. The Kier molecular flexibility index (Phi) is 4.10. The molecule has 0 fully saturated rings. The molecule has 0 N–H and O–H groups in total. The third-order valence-corrected chi connectivity index (χ3v) is 2.19. The van der Waals surface area contributed by atoms with Crippen LogP contribution in [0.15, 0.2) is 30.5 Å². The molecule has 15 heavy (non-hydrogen) atoms. The van der Waals surface area contributed by atoms with Crippen LogP contribution in [0.3, 0.4) is 0 Å². The second-order valence-electron chi connectivity index (χ2n) is 2.95. The number of methoxy groups -OCH3 is 1. The maximum atomic E-state index is 5.25. The van der Waals surface area contributed by atoms with E-state index in [0.29, 0.717) is 0 Å². The molecule has 0 amide bonds. The number of nitrogens with zero attached hydrogens (tertiary/aromatic N) is 1. The first-order valence-electron chi connectivity index (χ1n) is 5.21. The summed E-state index contributed by atoms with van der Waals surface area (Å²) in [6, 6.07) is 7.97. The summed E-state index contributed by atoms with van der Waals surface area (Å²) in [6.45, 7) is 6.00. The summed E-state index contributed by atoms with van der Waals surface area (Å²) >= 11 is 0. The molecule has 2 heteroatoms. The molecular formula is C13H17NO. The number of benzene rings is 1. The van der Waals surface area contributed by atoms with Crippen LogP contribution >= 0.6 is 0 Å². The Labute approximate surface area is 90.9 Å². The number of hydrogen-bond donors (Lipinski definition) is 0. The van der Waals surface area contributed by atoms with Crippen molar-refractivity contribution in [2.75, 3.05) is 7.11 Å². The van der Waals surface area contributed by atoms with Gasteiger partial charge in [0.1, 0.15) is 5.75 Å². The van der Waals surface area contributed by atoms with Crippen molar-refractivity contribution in [1.29, 1.82) is 0 Å². The van der Waals surface area contributed by atoms with Crippen molar-refractivity contribution in [3.8, 4) is 5.75 Å². The Bertz CT molecular complexity index is 437. The molecule has 0 atom stereocenters. The van der Waals surface area contributed by atoms with E-state index >= 15 is 0 Å². The minimum absolute atomic E-state index is 0.906. The van der Waals surface area contributed by atoms with Crippen molar-refractivity contribution in [1.82, 2.24) is 4.98 Å². The van der Waals surface area contributed by atoms with Crippen molar-refractivity contribution in [2.45, 2.75) is 20.8 Å². The normalized spacial score (nSPS) is 9.33. The van der Waals surface area contributed by atoms with Crippen LogP contribution in [0.2, 0.25) is 0 Å². The van der Waals surface area contributed by atoms with Gasteiger partial charge >= 0.3 is 0 Å². The van der Waals surface area contributed by atoms with E-state index in [1.165, 1.54) is 0 Å². The Morgan fingerprint density at radius 1 is 1.07 bits per heavy atom. The fraction of sp³-hybridized carbons (Fsp3) is 0.308. The van der Waals surface area contributed by atoms with Gasteiger partial charge in [-0.3, -0.25) is 4.98 Å². The van der Waals surface area contributed by atoms with Crippen molar-refractivity contribution >= 4 is 10.8 Å². The summed E-state index contributed by atoms with van der Waals surface area (Å²) < 4.78 is 5.25. The zero-order valence-corrected chi connectivity index (χ0v) is 9.74. The molecule has 0 aliphatic carbocycles. The third kappa shape index (κ3) is 2.27. The van der Waals surface area contributed by atoms with E-state index in [1.807, 2.05) is 39.0 Å². The summed E-state index contributed by atoms with van der Waals surface area (Å²) in [5, 5.41) is 2.28. The van der Waals surface area contributed by atoms with Crippen LogP contribution in [0.1, 0.15) is 19.5 Å². The van der Waals surface area contributed by atoms with E-state index < -0.39 is 0 Å². The average Bonchev–Trinajstić information content (AvgIpc) is 2.32. The number of aryl methyl sites for hydroxylation is 1. The minimum Gasteiger partial charge on any atom is -0.496 e. The summed E-state index contributed by atoms with van der Waals surface area (Å²) in [5.74, 6) is 0.906. The number of fused-ring (bicyclic) bond motifs is 1. The monoisotopic (exact) mass is 203 g/mol. The highest BCUT2D eigenvalue weighted by atomic mass is 16.5. The first kappa shape index (κ1) is 11.5. The number of pyridine rings is 1. The van der Waals surface area contributed by atoms with E-state index in [1.54, 1.807) is 13.3 Å². The van der Waals surface area contributed by atoms with Crippen molar-refractivity contribution in [3.63, 3.8) is 0 Å². The second kappa shape index (κ2) is 5.35. The van der Waals surface area contributed by atoms with Gasteiger partial charge in [0, 0.05) is 22.7 Å². The average molecular weight is 203 g/mol. The van der Waals surface area contributed by atoms with Gasteiger partial charge in [-0.2, -0.15) is 0 Å². The van der Waals surface area contributed by atoms with Crippen LogP contribution < -0.4 is 4.74 Å². The minimum atomic E-state index is 0.906. The van der Waals surface area contributed by atoms with Crippen LogP contribution in [-0.4, -0.2) is 12.1 Å². The van der Waals surface area contributed by atoms with E-state index in [4.69, 9.17) is 4.74 Å². The van der Waals surface area contributed by atoms with Crippen LogP contribution in [0.4, 0.5) is 0 Å². The zero-order chi connectivity index (χ0) is 11.3. The van der Waals surface area contributed by atoms with Gasteiger partial charge in [-0.25, -0.2) is 0 Å². The summed E-state index contributed by atoms with van der Waals surface area (Å²) in [5.41, 5.74) is 1.04. The SMILES string of the molecule is CC.COc1cccc2c(C)nccc12. The van der Waals surface area contributed by atoms with Crippen LogP contribution in [0.25, 0.3) is 10.8 Å². The first-order chi connectivity index (χ1) is 7.33. The lowest BCUT2D eigenvalue weighted by Gasteiger charge is -2.05. The lowest BCUT2D eigenvalue weighted by molar-refractivity contribution is 0.420. The van der Waals surface area contributed by atoms with Crippen molar-refractivity contribution in [2.24, 2.45) is 0 Å². The zero-order valence-electron chi connectivity index (χ0n) is 9.74. The van der Waals surface area contributed by atoms with Gasteiger partial charge in [0.15, 0.2) is 0 Å². The smallest absolute Gasteiger partial charge is 0.126 e. The summed E-state index contributed by atoms with van der Waals surface area (Å²) in [4.78, 5) is 4.23. The van der Waals surface area contributed by atoms with Crippen LogP contribution in [0, 0.1) is 6.92 Å². The largest absolute Gasteiger partial charge is 0.496 e. The Morgan fingerprint density at radius 3 is 2.47 bits per heavy atom. The van der Waals surface area contributed by atoms with Crippen molar-refractivity contribution < 1.29 is 4.74 Å². The van der Waals surface area contributed by atoms with Gasteiger partial charge in [0.25, 0.3) is 0 Å². The second-order valence-corrected chi connectivity index (χ2v) is 2.95. The van der Waals surface area contributed by atoms with E-state index in [-0.39, 0.29) is 0 Å². The Balaban J connectivity index is 0.000000531. The fourth-order valence-corrected chi connectivity index (χ4v) is 1.50. The molecule has 0 aliphatic rings. The van der Waals surface area contributed by atoms with Gasteiger partial charge in [-0.1, -0.05) is 26.0 Å². The van der Waals surface area contributed by atoms with Crippen LogP contribution in [-0.2, 0) is 0 Å². The molecule has 0 spiro atoms. The number of rotatable bonds is 1. The molecule has 2 rings (SSSR count). The molecule has 1 heterocycles. The predicted molar refractivity (Wildman–Crippen MR) is 64.4 cm³/mol. The molecule has 1 aromatic heterocycles. The topological polar surface area (TPSA) is 22.1 Å². The lowest BCUT2D eigenvalue weighted by Crippen LogP contribution is -1.87. The van der Waals surface area contributed by atoms with E-state index in [9.17, 15) is 0 Å². The molecule has 80 valence electrons. The molecule has 0 saturated carbocycles. The van der Waals surface area contributed by atoms with Crippen LogP contribution in [0.5, 0.6) is 5.75 Å². The quantitative estimate of drug-likeness (QED) is 0.706. The molecule has 0 radical (unpaired) electrons. The molecule has 2 nitrogen and oxygen atoms in total. The number of aromatic nitrogens is 1. The molecule has 2 aromatic rings. The summed E-state index contributed by atoms with van der Waals surface area (Å²) in [6.07, 6.45) is 1.81. The first-order valence-corrected chi connectivity index (χ1v) is 5.21. The predicted octanol–water partition coefficient (Wildman–Crippen LogP) is 3.58. The highest BCUT2D eigenvalue weighted by Gasteiger charge is 2.01. The lowest BCUT2D eigenvalue weighted by atomic mass is 10.1. The summed E-state index contributed by atoms with van der Waals surface area (Å²) in [7, 11) is 1.69. The molecule has 0 saturated heterocycles. The molecule has 1 aromatic carbocycles. The standard InChI is InChI=1S/C11H11NO.C2H6/c1-8-9-4-3-5-11(13-2)10(9)6-7-12-8;1-2/h3-7H,1-2H3;1-2H3. The van der Waals surface area contributed by atoms with Gasteiger partial charge in [0.05, 0.1) is 7.11 Å². The Hall–Kier alpha value is -1.57. The van der Waals surface area contributed by atoms with E-state index in [2.05, 4.69) is 11.1 Å². The van der Waals surface area contributed by atoms with Crippen molar-refractivity contribution in [3.05, 3.63) is 36.2 Å². The highest BCUT2D eigenvalue weighted by molar-refractivity contribution is 5.89. The number of ether oxygens (including phenoxy) is 1. The van der Waals surface area contributed by atoms with E-state index in [0.717, 1.165) is 22.2 Å². The maximum absolute atomic E-state index is 5.25. The molecule has 0 aliphatic heterocycles. The van der Waals surface area contributed by atoms with Gasteiger partial charge in [0.2, 0.25) is 0 Å². The third-order valence-electron chi connectivity index (χ3n) is 2.19. The Morgan fingerprint density at radius 2 is 1.80 bits per heavy atom. The molecular weight excluding hydrogens is 186 g/mol. The van der Waals surface area contributed by atoms with Gasteiger partial charge in [-0.05, 0) is 19.1 Å². The number of hydrogen-bond acceptors (Lipinski definition) is 2. The van der Waals surface area contributed by atoms with Gasteiger partial charge in [-0.15, -0.1) is 0 Å². The molecule has 0 unspecified atom stereocenters. The highest BCUT2D eigenvalue weighted by Crippen LogP contribution is 2.25. The van der Waals surface area contributed by atoms with Gasteiger partial charge < -0.3 is 4.74 Å². The fourth-order valence-electron chi connectivity index (χ4n) is 1.50.